The predicted molar refractivity (Wildman–Crippen MR) is 141 cm³/mol. The number of alkyl halides is 1. The molecule has 1 fully saturated rings. The Labute approximate surface area is 236 Å². The minimum Gasteiger partial charge on any atom is -0.437 e. The number of hydrogen-bond donors (Lipinski definition) is 2. The van der Waals surface area contributed by atoms with Gasteiger partial charge in [0.25, 0.3) is 5.56 Å². The van der Waals surface area contributed by atoms with Crippen molar-refractivity contribution in [1.29, 1.82) is 0 Å². The van der Waals surface area contributed by atoms with Gasteiger partial charge in [0.15, 0.2) is 6.17 Å². The van der Waals surface area contributed by atoms with Crippen molar-refractivity contribution in [2.45, 2.75) is 85.3 Å². The second kappa shape index (κ2) is 12.0. The SMILES string of the molecule is Cc1nc2c(c(=O)[nH]1)N=CC2[C@@H]1O[C@](C)(COP(=O)(OCOC(=O)C(C)(C)C)OCOC(=O)C(C)(C)C)[C@@H](O)[C@H]1F. The van der Waals surface area contributed by atoms with Gasteiger partial charge >= 0.3 is 19.8 Å². The molecule has 2 N–H and O–H groups in total. The normalized spacial score (nSPS) is 26.2. The molecule has 0 amide bonds. The number of nitrogens with one attached hydrogen (secondary N) is 1. The molecule has 5 atom stereocenters. The molecule has 16 heteroatoms. The van der Waals surface area contributed by atoms with Gasteiger partial charge in [0.05, 0.1) is 29.0 Å². The monoisotopic (exact) mass is 605 g/mol. The van der Waals surface area contributed by atoms with Crippen LogP contribution < -0.4 is 5.56 Å². The number of esters is 2. The number of nitrogens with zero attached hydrogens (tertiary/aromatic N) is 2. The number of H-pyrrole nitrogens is 1. The molecule has 0 bridgehead atoms. The number of phosphoric acid groups is 1. The lowest BCUT2D eigenvalue weighted by molar-refractivity contribution is -0.164. The van der Waals surface area contributed by atoms with Crippen molar-refractivity contribution >= 4 is 31.7 Å². The van der Waals surface area contributed by atoms with Crippen molar-refractivity contribution in [2.75, 3.05) is 20.2 Å². The summed E-state index contributed by atoms with van der Waals surface area (Å²) in [5.41, 5.74) is -3.87. The number of fused-ring (bicyclic) bond motifs is 1. The maximum Gasteiger partial charge on any atom is 0.480 e. The Kier molecular flexibility index (Phi) is 9.63. The molecule has 1 saturated heterocycles. The van der Waals surface area contributed by atoms with Crippen LogP contribution in [0.3, 0.4) is 0 Å². The van der Waals surface area contributed by atoms with Crippen molar-refractivity contribution in [2.24, 2.45) is 15.8 Å². The van der Waals surface area contributed by atoms with Crippen LogP contribution >= 0.6 is 7.82 Å². The number of rotatable bonds is 10. The zero-order valence-electron chi connectivity index (χ0n) is 24.3. The van der Waals surface area contributed by atoms with E-state index < -0.39 is 86.2 Å². The van der Waals surface area contributed by atoms with Gasteiger partial charge in [-0.05, 0) is 55.4 Å². The summed E-state index contributed by atoms with van der Waals surface area (Å²) in [6.07, 6.45) is -3.76. The Morgan fingerprint density at radius 2 is 1.63 bits per heavy atom. The van der Waals surface area contributed by atoms with Gasteiger partial charge in [0, 0.05) is 6.21 Å². The fourth-order valence-electron chi connectivity index (χ4n) is 3.82. The molecule has 3 rings (SSSR count). The molecule has 41 heavy (non-hydrogen) atoms. The first-order chi connectivity index (χ1) is 18.8. The number of halogens is 1. The lowest BCUT2D eigenvalue weighted by Gasteiger charge is -2.29. The summed E-state index contributed by atoms with van der Waals surface area (Å²) in [4.78, 5) is 47.2. The van der Waals surface area contributed by atoms with Crippen LogP contribution in [0.25, 0.3) is 0 Å². The van der Waals surface area contributed by atoms with Gasteiger partial charge in [-0.1, -0.05) is 0 Å². The van der Waals surface area contributed by atoms with Crippen LogP contribution in [-0.4, -0.2) is 77.4 Å². The van der Waals surface area contributed by atoms with Gasteiger partial charge in [0.1, 0.15) is 29.3 Å². The minimum atomic E-state index is -4.64. The molecular weight excluding hydrogens is 568 g/mol. The summed E-state index contributed by atoms with van der Waals surface area (Å²) in [6, 6.07) is 0. The van der Waals surface area contributed by atoms with Crippen LogP contribution in [0.5, 0.6) is 0 Å². The summed E-state index contributed by atoms with van der Waals surface area (Å²) < 4.78 is 60.2. The highest BCUT2D eigenvalue weighted by atomic mass is 31.2. The Morgan fingerprint density at radius 1 is 1.10 bits per heavy atom. The molecule has 0 spiro atoms. The van der Waals surface area contributed by atoms with Crippen molar-refractivity contribution in [3.8, 4) is 0 Å². The second-order valence-electron chi connectivity index (χ2n) is 12.1. The largest absolute Gasteiger partial charge is 0.480 e. The lowest BCUT2D eigenvalue weighted by Crippen LogP contribution is -2.43. The first kappa shape index (κ1) is 33.0. The molecule has 1 unspecified atom stereocenters. The Bertz CT molecular complexity index is 1250. The number of ether oxygens (including phenoxy) is 3. The van der Waals surface area contributed by atoms with Gasteiger partial charge in [-0.25, -0.2) is 23.0 Å². The van der Waals surface area contributed by atoms with E-state index in [0.29, 0.717) is 5.82 Å². The molecule has 3 heterocycles. The predicted octanol–water partition coefficient (Wildman–Crippen LogP) is 2.99. The van der Waals surface area contributed by atoms with Crippen LogP contribution in [0.1, 0.15) is 65.9 Å². The third-order valence-electron chi connectivity index (χ3n) is 6.26. The molecule has 0 aromatic carbocycles. The summed E-state index contributed by atoms with van der Waals surface area (Å²) in [6.45, 7) is 10.0. The number of aliphatic hydroxyl groups is 1. The zero-order chi connectivity index (χ0) is 31.0. The standard InChI is InChI=1S/C25H37FN3O11P/c1-13-28-16-14(9-27-17(16)20(31)29-13)18-15(26)19(30)25(8,40-18)10-37-41(34,38-11-35-21(32)23(2,3)4)39-12-36-22(33)24(5,6)7/h9,14-15,18-19,30H,10-12H2,1-8H3,(H,28,29,31)/t14?,15-,18-,19-,25+/m0/s1. The zero-order valence-corrected chi connectivity index (χ0v) is 25.2. The highest BCUT2D eigenvalue weighted by molar-refractivity contribution is 7.48. The second-order valence-corrected chi connectivity index (χ2v) is 13.7. The molecule has 1 aromatic rings. The van der Waals surface area contributed by atoms with E-state index in [-0.39, 0.29) is 11.4 Å². The molecule has 2 aliphatic rings. The Hall–Kier alpha value is -2.55. The van der Waals surface area contributed by atoms with Crippen molar-refractivity contribution in [1.82, 2.24) is 9.97 Å². The molecule has 2 aliphatic heterocycles. The first-order valence-electron chi connectivity index (χ1n) is 12.8. The fraction of sp³-hybridized carbons (Fsp3) is 0.720. The molecule has 0 aliphatic carbocycles. The van der Waals surface area contributed by atoms with Gasteiger partial charge in [-0.2, -0.15) is 0 Å². The summed E-state index contributed by atoms with van der Waals surface area (Å²) >= 11 is 0. The van der Waals surface area contributed by atoms with E-state index in [1.807, 2.05) is 0 Å². The van der Waals surface area contributed by atoms with E-state index in [1.54, 1.807) is 48.5 Å². The molecular formula is C25H37FN3O11P. The van der Waals surface area contributed by atoms with Crippen LogP contribution in [0.4, 0.5) is 10.1 Å². The number of phosphoric ester groups is 1. The average molecular weight is 606 g/mol. The number of aromatic amines is 1. The van der Waals surface area contributed by atoms with Crippen molar-refractivity contribution in [3.05, 3.63) is 21.9 Å². The van der Waals surface area contributed by atoms with Gasteiger partial charge in [0.2, 0.25) is 13.6 Å². The molecule has 1 aromatic heterocycles. The minimum absolute atomic E-state index is 0.0108. The number of carbonyl (C=O) groups excluding carboxylic acids is 2. The number of carbonyl (C=O) groups is 2. The quantitative estimate of drug-likeness (QED) is 0.226. The van der Waals surface area contributed by atoms with E-state index >= 15 is 4.39 Å². The van der Waals surface area contributed by atoms with Gasteiger partial charge < -0.3 is 24.3 Å². The smallest absolute Gasteiger partial charge is 0.437 e. The third kappa shape index (κ3) is 7.65. The average Bonchev–Trinajstić information content (AvgIpc) is 3.36. The molecule has 230 valence electrons. The van der Waals surface area contributed by atoms with Gasteiger partial charge in [-0.15, -0.1) is 0 Å². The fourth-order valence-corrected chi connectivity index (χ4v) is 4.82. The maximum atomic E-state index is 15.4. The topological polar surface area (TPSA) is 185 Å². The van der Waals surface area contributed by atoms with Crippen LogP contribution in [0.2, 0.25) is 0 Å². The van der Waals surface area contributed by atoms with Crippen LogP contribution in [-0.2, 0) is 41.9 Å². The number of aryl methyl sites for hydroxylation is 1. The van der Waals surface area contributed by atoms with Crippen molar-refractivity contribution in [3.63, 3.8) is 0 Å². The summed E-state index contributed by atoms with van der Waals surface area (Å²) in [5.74, 6) is -1.95. The van der Waals surface area contributed by atoms with Crippen molar-refractivity contribution < 1.29 is 51.4 Å². The molecule has 14 nitrogen and oxygen atoms in total. The van der Waals surface area contributed by atoms with Crippen LogP contribution in [0.15, 0.2) is 9.79 Å². The van der Waals surface area contributed by atoms with Crippen LogP contribution in [0, 0.1) is 17.8 Å². The highest BCUT2D eigenvalue weighted by Gasteiger charge is 2.56. The van der Waals surface area contributed by atoms with E-state index in [0.717, 1.165) is 0 Å². The number of hydrogen-bond acceptors (Lipinski definition) is 13. The number of aliphatic hydroxyl groups excluding tert-OH is 1. The Morgan fingerprint density at radius 3 is 2.15 bits per heavy atom. The van der Waals surface area contributed by atoms with E-state index in [9.17, 15) is 24.1 Å². The third-order valence-corrected chi connectivity index (χ3v) is 7.54. The highest BCUT2D eigenvalue weighted by Crippen LogP contribution is 2.52. The van der Waals surface area contributed by atoms with Gasteiger partial charge in [-0.3, -0.25) is 23.9 Å². The van der Waals surface area contributed by atoms with E-state index in [2.05, 4.69) is 15.0 Å². The number of aliphatic imine (C=N–C) groups is 1. The first-order valence-corrected chi connectivity index (χ1v) is 14.3. The maximum absolute atomic E-state index is 15.4. The summed E-state index contributed by atoms with van der Waals surface area (Å²) in [5, 5.41) is 10.8. The van der Waals surface area contributed by atoms with E-state index in [4.69, 9.17) is 27.8 Å². The van der Waals surface area contributed by atoms with E-state index in [1.165, 1.54) is 13.1 Å². The molecule has 0 saturated carbocycles. The Balaban J connectivity index is 1.73. The number of aromatic nitrogens is 2. The summed E-state index contributed by atoms with van der Waals surface area (Å²) in [7, 11) is -4.64. The molecule has 0 radical (unpaired) electrons. The lowest BCUT2D eigenvalue weighted by atomic mass is 9.93.